The van der Waals surface area contributed by atoms with Crippen molar-refractivity contribution < 1.29 is 15.1 Å². The molecule has 2 N–H and O–H groups in total. The average Bonchev–Trinajstić information content (AvgIpc) is 3.14. The van der Waals surface area contributed by atoms with Gasteiger partial charge in [0.25, 0.3) is 0 Å². The second kappa shape index (κ2) is 8.25. The van der Waals surface area contributed by atoms with Crippen LogP contribution in [-0.4, -0.2) is 34.1 Å². The lowest BCUT2D eigenvalue weighted by Crippen LogP contribution is -2.52. The van der Waals surface area contributed by atoms with Gasteiger partial charge in [0.2, 0.25) is 0 Å². The van der Waals surface area contributed by atoms with Crippen LogP contribution in [0.4, 0.5) is 0 Å². The number of hydrogen-bond acceptors (Lipinski definition) is 4. The maximum absolute atomic E-state index is 12.0. The third-order valence-corrected chi connectivity index (χ3v) is 5.48. The van der Waals surface area contributed by atoms with Crippen molar-refractivity contribution >= 4 is 0 Å². The first kappa shape index (κ1) is 18.8. The number of rotatable bonds is 6. The fourth-order valence-electron chi connectivity index (χ4n) is 4.08. The summed E-state index contributed by atoms with van der Waals surface area (Å²) in [5.41, 5.74) is 1.15. The molecule has 1 aliphatic heterocycles. The first-order valence-corrected chi connectivity index (χ1v) is 9.64. The van der Waals surface area contributed by atoms with E-state index >= 15 is 0 Å². The molecule has 1 aliphatic rings. The lowest BCUT2D eigenvalue weighted by Gasteiger charge is -2.40. The summed E-state index contributed by atoms with van der Waals surface area (Å²) in [7, 11) is 0. The molecule has 0 aliphatic carbocycles. The molecular formula is C24H25NO3. The fraction of sp³-hybridized carbons (Fsp3) is 0.250. The molecule has 3 aromatic rings. The molecule has 0 radical (unpaired) electrons. The van der Waals surface area contributed by atoms with Gasteiger partial charge >= 0.3 is 0 Å². The van der Waals surface area contributed by atoms with Crippen LogP contribution in [0, 0.1) is 0 Å². The third kappa shape index (κ3) is 3.60. The van der Waals surface area contributed by atoms with Crippen LogP contribution in [0.15, 0.2) is 91.0 Å². The van der Waals surface area contributed by atoms with E-state index in [1.807, 2.05) is 91.0 Å². The Morgan fingerprint density at radius 1 is 0.821 bits per heavy atom. The Bertz CT molecular complexity index is 831. The van der Waals surface area contributed by atoms with Crippen LogP contribution >= 0.6 is 0 Å². The van der Waals surface area contributed by atoms with Gasteiger partial charge < -0.3 is 15.1 Å². The Morgan fingerprint density at radius 2 is 1.32 bits per heavy atom. The summed E-state index contributed by atoms with van der Waals surface area (Å²) in [4.78, 5) is 0. The maximum Gasteiger partial charge on any atom is 0.135 e. The number of aliphatic hydroxyl groups is 1. The normalized spacial score (nSPS) is 20.4. The largest absolute Gasteiger partial charge is 0.379 e. The highest BCUT2D eigenvalue weighted by Crippen LogP contribution is 2.40. The van der Waals surface area contributed by atoms with Crippen LogP contribution in [-0.2, 0) is 16.9 Å². The van der Waals surface area contributed by atoms with E-state index in [-0.39, 0.29) is 6.10 Å². The predicted octanol–water partition coefficient (Wildman–Crippen LogP) is 3.97. The lowest BCUT2D eigenvalue weighted by atomic mass is 9.78. The first-order valence-electron chi connectivity index (χ1n) is 9.64. The summed E-state index contributed by atoms with van der Waals surface area (Å²) in [6.45, 7) is 0.890. The van der Waals surface area contributed by atoms with Crippen LogP contribution in [0.5, 0.6) is 0 Å². The zero-order valence-corrected chi connectivity index (χ0v) is 15.7. The van der Waals surface area contributed by atoms with Crippen molar-refractivity contribution in [3.8, 4) is 0 Å². The summed E-state index contributed by atoms with van der Waals surface area (Å²) in [5, 5.41) is 24.0. The third-order valence-electron chi connectivity index (χ3n) is 5.48. The molecule has 0 amide bonds. The predicted molar refractivity (Wildman–Crippen MR) is 108 cm³/mol. The second-order valence-electron chi connectivity index (χ2n) is 7.23. The Labute approximate surface area is 165 Å². The van der Waals surface area contributed by atoms with E-state index in [1.54, 1.807) is 0 Å². The van der Waals surface area contributed by atoms with Crippen LogP contribution in [0.2, 0.25) is 0 Å². The van der Waals surface area contributed by atoms with Crippen molar-refractivity contribution in [1.82, 2.24) is 5.06 Å². The Balaban J connectivity index is 1.69. The highest BCUT2D eigenvalue weighted by Gasteiger charge is 2.51. The van der Waals surface area contributed by atoms with Gasteiger partial charge in [0.05, 0.1) is 18.8 Å². The average molecular weight is 375 g/mol. The molecule has 1 saturated heterocycles. The Kier molecular flexibility index (Phi) is 5.55. The molecular weight excluding hydrogens is 350 g/mol. The molecule has 4 rings (SSSR count). The second-order valence-corrected chi connectivity index (χ2v) is 7.23. The standard InChI is InChI=1S/C24H25NO3/c26-24(20-12-6-2-7-13-20,21-14-8-3-9-15-21)23-22(16-17-25(23)27)28-18-19-10-4-1-5-11-19/h1-15,22-23,26-27H,16-18H2/t22-,23-/m0/s1. The summed E-state index contributed by atoms with van der Waals surface area (Å²) < 4.78 is 6.20. The molecule has 0 spiro atoms. The van der Waals surface area contributed by atoms with Gasteiger partial charge in [-0.05, 0) is 23.1 Å². The van der Waals surface area contributed by atoms with E-state index in [9.17, 15) is 10.3 Å². The minimum atomic E-state index is -1.39. The molecule has 0 saturated carbocycles. The van der Waals surface area contributed by atoms with E-state index in [4.69, 9.17) is 4.74 Å². The molecule has 2 atom stereocenters. The molecule has 0 aromatic heterocycles. The van der Waals surface area contributed by atoms with Crippen molar-refractivity contribution in [2.75, 3.05) is 6.54 Å². The highest BCUT2D eigenvalue weighted by molar-refractivity contribution is 5.39. The molecule has 4 heteroatoms. The van der Waals surface area contributed by atoms with Crippen LogP contribution in [0.25, 0.3) is 0 Å². The SMILES string of the molecule is ON1CC[C@H](OCc2ccccc2)[C@H]1C(O)(c1ccccc1)c1ccccc1. The number of hydrogen-bond donors (Lipinski definition) is 2. The van der Waals surface area contributed by atoms with Gasteiger partial charge in [0.1, 0.15) is 5.60 Å². The molecule has 1 heterocycles. The molecule has 4 nitrogen and oxygen atoms in total. The lowest BCUT2D eigenvalue weighted by molar-refractivity contribution is -0.180. The number of ether oxygens (including phenoxy) is 1. The van der Waals surface area contributed by atoms with Gasteiger partial charge in [-0.15, -0.1) is 0 Å². The van der Waals surface area contributed by atoms with Gasteiger partial charge in [-0.3, -0.25) is 0 Å². The van der Waals surface area contributed by atoms with Gasteiger partial charge in [-0.25, -0.2) is 0 Å². The summed E-state index contributed by atoms with van der Waals surface area (Å²) >= 11 is 0. The van der Waals surface area contributed by atoms with Gasteiger partial charge in [0.15, 0.2) is 0 Å². The fourth-order valence-corrected chi connectivity index (χ4v) is 4.08. The van der Waals surface area contributed by atoms with Crippen molar-refractivity contribution in [3.63, 3.8) is 0 Å². The summed E-state index contributed by atoms with van der Waals surface area (Å²) in [5.74, 6) is 0. The molecule has 1 fully saturated rings. The quantitative estimate of drug-likeness (QED) is 0.684. The molecule has 0 unspecified atom stereocenters. The van der Waals surface area contributed by atoms with E-state index < -0.39 is 11.6 Å². The van der Waals surface area contributed by atoms with Crippen molar-refractivity contribution in [3.05, 3.63) is 108 Å². The minimum absolute atomic E-state index is 0.310. The zero-order chi connectivity index (χ0) is 19.4. The first-order chi connectivity index (χ1) is 13.7. The maximum atomic E-state index is 12.0. The van der Waals surface area contributed by atoms with E-state index in [2.05, 4.69) is 0 Å². The monoisotopic (exact) mass is 375 g/mol. The molecule has 3 aromatic carbocycles. The van der Waals surface area contributed by atoms with Crippen LogP contribution in [0.1, 0.15) is 23.1 Å². The summed E-state index contributed by atoms with van der Waals surface area (Å²) in [6, 6.07) is 28.4. The van der Waals surface area contributed by atoms with Gasteiger partial charge in [-0.1, -0.05) is 91.0 Å². The topological polar surface area (TPSA) is 52.9 Å². The molecule has 28 heavy (non-hydrogen) atoms. The smallest absolute Gasteiger partial charge is 0.135 e. The van der Waals surface area contributed by atoms with Crippen LogP contribution in [0.3, 0.4) is 0 Å². The minimum Gasteiger partial charge on any atom is -0.379 e. The van der Waals surface area contributed by atoms with Gasteiger partial charge in [-0.2, -0.15) is 5.06 Å². The summed E-state index contributed by atoms with van der Waals surface area (Å²) in [6.07, 6.45) is 0.339. The number of benzene rings is 3. The number of hydroxylamine groups is 2. The van der Waals surface area contributed by atoms with Crippen molar-refractivity contribution in [2.45, 2.75) is 30.8 Å². The van der Waals surface area contributed by atoms with E-state index in [0.717, 1.165) is 16.7 Å². The Morgan fingerprint density at radius 3 is 1.86 bits per heavy atom. The van der Waals surface area contributed by atoms with Gasteiger partial charge in [0, 0.05) is 6.54 Å². The van der Waals surface area contributed by atoms with E-state index in [1.165, 1.54) is 5.06 Å². The number of nitrogens with zero attached hydrogens (tertiary/aromatic N) is 1. The van der Waals surface area contributed by atoms with Crippen molar-refractivity contribution in [2.24, 2.45) is 0 Å². The zero-order valence-electron chi connectivity index (χ0n) is 15.7. The molecule has 144 valence electrons. The Hall–Kier alpha value is -2.50. The van der Waals surface area contributed by atoms with Crippen molar-refractivity contribution in [1.29, 1.82) is 0 Å². The molecule has 0 bridgehead atoms. The van der Waals surface area contributed by atoms with Crippen LogP contribution < -0.4 is 0 Å². The van der Waals surface area contributed by atoms with E-state index in [0.29, 0.717) is 19.6 Å². The highest BCUT2D eigenvalue weighted by atomic mass is 16.5.